The maximum absolute atomic E-state index is 13.1. The molecule has 160 valence electrons. The van der Waals surface area contributed by atoms with Gasteiger partial charge in [-0.1, -0.05) is 26.0 Å². The fourth-order valence-corrected chi connectivity index (χ4v) is 5.48. The Bertz CT molecular complexity index is 1000. The van der Waals surface area contributed by atoms with Crippen LogP contribution in [0.4, 0.5) is 5.69 Å². The maximum atomic E-state index is 13.1. The number of nitrogens with zero attached hydrogens (tertiary/aromatic N) is 1. The number of likely N-dealkylation sites (tertiary alicyclic amines) is 1. The first-order valence-corrected chi connectivity index (χ1v) is 11.6. The summed E-state index contributed by atoms with van der Waals surface area (Å²) in [6.45, 7) is 3.86. The Morgan fingerprint density at radius 3 is 2.10 bits per heavy atom. The quantitative estimate of drug-likeness (QED) is 0.521. The summed E-state index contributed by atoms with van der Waals surface area (Å²) < 4.78 is 22.8. The third kappa shape index (κ3) is 3.45. The van der Waals surface area contributed by atoms with E-state index < -0.39 is 22.0 Å². The number of nitrogens with two attached hydrogens (primary N) is 1. The lowest BCUT2D eigenvalue weighted by molar-refractivity contribution is -0.147. The molecule has 4 rings (SSSR count). The van der Waals surface area contributed by atoms with Gasteiger partial charge in [-0.3, -0.25) is 19.3 Å². The number of fused-ring (bicyclic) bond motifs is 5. The topological polar surface area (TPSA) is 127 Å². The van der Waals surface area contributed by atoms with Crippen molar-refractivity contribution in [3.63, 3.8) is 0 Å². The number of primary sulfonamides is 1. The maximum Gasteiger partial charge on any atom is 0.247 e. The number of sulfonamides is 1. The van der Waals surface area contributed by atoms with Gasteiger partial charge in [-0.05, 0) is 54.9 Å². The van der Waals surface area contributed by atoms with Gasteiger partial charge in [-0.15, -0.1) is 0 Å². The summed E-state index contributed by atoms with van der Waals surface area (Å²) in [5.74, 6) is -1.45. The predicted octanol–water partition coefficient (Wildman–Crippen LogP) is 1.49. The summed E-state index contributed by atoms with van der Waals surface area (Å²) in [5, 5.41) is 7.81. The molecule has 1 heterocycles. The normalized spacial score (nSPS) is 28.3. The van der Waals surface area contributed by atoms with E-state index in [1.807, 2.05) is 26.0 Å². The van der Waals surface area contributed by atoms with Crippen molar-refractivity contribution in [2.45, 2.75) is 37.6 Å². The van der Waals surface area contributed by atoms with Crippen molar-refractivity contribution >= 4 is 33.4 Å². The molecule has 9 heteroatoms. The van der Waals surface area contributed by atoms with Gasteiger partial charge in [0.1, 0.15) is 6.04 Å². The minimum absolute atomic E-state index is 0.0695. The molecule has 1 saturated heterocycles. The molecule has 1 aromatic carbocycles. The van der Waals surface area contributed by atoms with E-state index in [2.05, 4.69) is 5.32 Å². The summed E-state index contributed by atoms with van der Waals surface area (Å²) in [7, 11) is -3.84. The molecule has 5 atom stereocenters. The second-order valence-electron chi connectivity index (χ2n) is 8.75. The number of anilines is 1. The molecule has 8 nitrogen and oxygen atoms in total. The highest BCUT2D eigenvalue weighted by molar-refractivity contribution is 7.89. The number of imide groups is 1. The Hall–Kier alpha value is -2.52. The molecule has 0 spiro atoms. The molecule has 3 N–H and O–H groups in total. The van der Waals surface area contributed by atoms with Crippen molar-refractivity contribution in [2.75, 3.05) is 5.32 Å². The van der Waals surface area contributed by atoms with E-state index in [9.17, 15) is 22.8 Å². The van der Waals surface area contributed by atoms with E-state index in [1.165, 1.54) is 29.2 Å². The lowest BCUT2D eigenvalue weighted by Gasteiger charge is -2.28. The second-order valence-corrected chi connectivity index (χ2v) is 10.3. The van der Waals surface area contributed by atoms with Gasteiger partial charge in [0.25, 0.3) is 0 Å². The van der Waals surface area contributed by atoms with Crippen LogP contribution in [0.2, 0.25) is 0 Å². The number of hydrogen-bond donors (Lipinski definition) is 2. The van der Waals surface area contributed by atoms with Crippen LogP contribution >= 0.6 is 0 Å². The standard InChI is InChI=1S/C21H25N3O5S/c1-11(2)9-16(19(25)23-14-5-7-15(8-6-14)30(22,28)29)24-20(26)17-12-3-4-13(10-12)18(17)21(24)27/h3-8,11-13,16-18H,9-10H2,1-2H3,(H,23,25)(H2,22,28,29)/t12-,13+,16-,17+,18+/m1/s1. The number of rotatable bonds is 6. The first kappa shape index (κ1) is 20.7. The summed E-state index contributed by atoms with van der Waals surface area (Å²) in [6.07, 6.45) is 5.22. The van der Waals surface area contributed by atoms with Crippen molar-refractivity contribution in [3.05, 3.63) is 36.4 Å². The van der Waals surface area contributed by atoms with E-state index in [4.69, 9.17) is 5.14 Å². The van der Waals surface area contributed by atoms with E-state index in [-0.39, 0.29) is 46.3 Å². The van der Waals surface area contributed by atoms with Crippen LogP contribution in [0.15, 0.2) is 41.3 Å². The van der Waals surface area contributed by atoms with E-state index in [0.717, 1.165) is 6.42 Å². The smallest absolute Gasteiger partial charge is 0.247 e. The van der Waals surface area contributed by atoms with Gasteiger partial charge in [0.15, 0.2) is 0 Å². The van der Waals surface area contributed by atoms with Crippen molar-refractivity contribution in [1.29, 1.82) is 0 Å². The molecule has 1 aromatic rings. The van der Waals surface area contributed by atoms with Crippen LogP contribution < -0.4 is 10.5 Å². The van der Waals surface area contributed by atoms with Gasteiger partial charge in [0, 0.05) is 5.69 Å². The van der Waals surface area contributed by atoms with Crippen molar-refractivity contribution in [2.24, 2.45) is 34.7 Å². The molecule has 3 aliphatic rings. The van der Waals surface area contributed by atoms with Crippen molar-refractivity contribution < 1.29 is 22.8 Å². The molecule has 1 saturated carbocycles. The van der Waals surface area contributed by atoms with Crippen LogP contribution in [0.3, 0.4) is 0 Å². The fraction of sp³-hybridized carbons (Fsp3) is 0.476. The zero-order valence-electron chi connectivity index (χ0n) is 16.8. The van der Waals surface area contributed by atoms with E-state index in [0.29, 0.717) is 12.1 Å². The third-order valence-corrected chi connectivity index (χ3v) is 7.19. The Balaban J connectivity index is 1.56. The molecule has 30 heavy (non-hydrogen) atoms. The molecular weight excluding hydrogens is 406 g/mol. The van der Waals surface area contributed by atoms with Crippen LogP contribution in [-0.2, 0) is 24.4 Å². The number of amides is 3. The largest absolute Gasteiger partial charge is 0.324 e. The molecule has 2 aliphatic carbocycles. The lowest BCUT2D eigenvalue weighted by Crippen LogP contribution is -2.49. The van der Waals surface area contributed by atoms with Crippen LogP contribution in [0, 0.1) is 29.6 Å². The van der Waals surface area contributed by atoms with E-state index in [1.54, 1.807) is 0 Å². The molecule has 2 fully saturated rings. The minimum atomic E-state index is -3.84. The van der Waals surface area contributed by atoms with Crippen molar-refractivity contribution in [1.82, 2.24) is 4.90 Å². The number of allylic oxidation sites excluding steroid dienone is 2. The number of benzene rings is 1. The fourth-order valence-electron chi connectivity index (χ4n) is 4.96. The molecule has 3 amide bonds. The first-order chi connectivity index (χ1) is 14.1. The van der Waals surface area contributed by atoms with Gasteiger partial charge >= 0.3 is 0 Å². The molecule has 0 radical (unpaired) electrons. The first-order valence-electron chi connectivity index (χ1n) is 10.1. The van der Waals surface area contributed by atoms with Gasteiger partial charge in [0.2, 0.25) is 27.7 Å². The van der Waals surface area contributed by atoms with Gasteiger partial charge in [-0.2, -0.15) is 0 Å². The Morgan fingerprint density at radius 2 is 1.63 bits per heavy atom. The zero-order valence-corrected chi connectivity index (χ0v) is 17.6. The summed E-state index contributed by atoms with van der Waals surface area (Å²) in [4.78, 5) is 40.5. The molecule has 0 aromatic heterocycles. The molecular formula is C21H25N3O5S. The van der Waals surface area contributed by atoms with Crippen LogP contribution in [0.1, 0.15) is 26.7 Å². The second kappa shape index (κ2) is 7.31. The highest BCUT2D eigenvalue weighted by Crippen LogP contribution is 2.53. The third-order valence-electron chi connectivity index (χ3n) is 6.26. The molecule has 0 unspecified atom stereocenters. The van der Waals surface area contributed by atoms with Gasteiger partial charge in [-0.25, -0.2) is 13.6 Å². The van der Waals surface area contributed by atoms with Crippen molar-refractivity contribution in [3.8, 4) is 0 Å². The average Bonchev–Trinajstić information content (AvgIpc) is 3.33. The van der Waals surface area contributed by atoms with Crippen LogP contribution in [0.5, 0.6) is 0 Å². The van der Waals surface area contributed by atoms with Crippen LogP contribution in [-0.4, -0.2) is 37.1 Å². The Kier molecular flexibility index (Phi) is 5.06. The van der Waals surface area contributed by atoms with Gasteiger partial charge in [0.05, 0.1) is 16.7 Å². The Labute approximate surface area is 175 Å². The number of hydrogen-bond acceptors (Lipinski definition) is 5. The highest BCUT2D eigenvalue weighted by atomic mass is 32.2. The van der Waals surface area contributed by atoms with E-state index >= 15 is 0 Å². The molecule has 2 bridgehead atoms. The molecule has 1 aliphatic heterocycles. The Morgan fingerprint density at radius 1 is 1.10 bits per heavy atom. The average molecular weight is 432 g/mol. The number of nitrogens with one attached hydrogen (secondary N) is 1. The number of carbonyl (C=O) groups is 3. The zero-order chi connectivity index (χ0) is 21.8. The lowest BCUT2D eigenvalue weighted by atomic mass is 9.85. The number of carbonyl (C=O) groups excluding carboxylic acids is 3. The minimum Gasteiger partial charge on any atom is -0.324 e. The van der Waals surface area contributed by atoms with Crippen LogP contribution in [0.25, 0.3) is 0 Å². The summed E-state index contributed by atoms with van der Waals surface area (Å²) >= 11 is 0. The predicted molar refractivity (Wildman–Crippen MR) is 109 cm³/mol. The summed E-state index contributed by atoms with van der Waals surface area (Å²) in [5.41, 5.74) is 0.363. The summed E-state index contributed by atoms with van der Waals surface area (Å²) in [6, 6.07) is 4.53. The monoisotopic (exact) mass is 431 g/mol. The highest BCUT2D eigenvalue weighted by Gasteiger charge is 2.61. The SMILES string of the molecule is CC(C)C[C@H](C(=O)Nc1ccc(S(N)(=O)=O)cc1)N1C(=O)[C@@H]2[C@@H](C1=O)[C@H]1C=C[C@@H]2C1. The van der Waals surface area contributed by atoms with Gasteiger partial charge < -0.3 is 5.32 Å².